The van der Waals surface area contributed by atoms with Gasteiger partial charge in [0.15, 0.2) is 9.84 Å². The lowest BCUT2D eigenvalue weighted by Crippen LogP contribution is -2.55. The summed E-state index contributed by atoms with van der Waals surface area (Å²) in [6.07, 6.45) is 1.76. The molecule has 0 radical (unpaired) electrons. The van der Waals surface area contributed by atoms with E-state index < -0.39 is 15.2 Å². The van der Waals surface area contributed by atoms with Crippen molar-refractivity contribution in [3.8, 4) is 0 Å². The highest BCUT2D eigenvalue weighted by Crippen LogP contribution is 2.20. The average molecular weight is 412 g/mol. The molecule has 0 bridgehead atoms. The molecule has 0 saturated carbocycles. The number of benzene rings is 1. The normalized spacial score (nSPS) is 18.0. The van der Waals surface area contributed by atoms with Crippen LogP contribution in [-0.4, -0.2) is 61.4 Å². The first-order valence-electron chi connectivity index (χ1n) is 9.76. The topological polar surface area (TPSA) is 87.2 Å². The number of aromatic nitrogens is 2. The standard InChI is InChI=1S/C21H25N5O2S/c1-16-18-7-8-20(25-19(18)9-10-23-16)24-12-14-26-13-11-22-15-21(26)29(27,28)17-5-3-2-4-6-17/h2-10,21-22H,11-15H2,1H3,(H,24,25). The number of fused-ring (bicyclic) bond motifs is 1. The first-order chi connectivity index (χ1) is 14.1. The minimum absolute atomic E-state index is 0.367. The SMILES string of the molecule is Cc1nccc2nc(NCCN3CCNCC3S(=O)(=O)c3ccccc3)ccc12. The Balaban J connectivity index is 1.44. The zero-order valence-corrected chi connectivity index (χ0v) is 17.2. The van der Waals surface area contributed by atoms with E-state index >= 15 is 0 Å². The molecule has 1 saturated heterocycles. The largest absolute Gasteiger partial charge is 0.369 e. The molecule has 0 aliphatic carbocycles. The average Bonchev–Trinajstić information content (AvgIpc) is 2.75. The van der Waals surface area contributed by atoms with Crippen LogP contribution in [0.15, 0.2) is 59.6 Å². The maximum atomic E-state index is 13.1. The van der Waals surface area contributed by atoms with E-state index in [9.17, 15) is 8.42 Å². The molecule has 1 unspecified atom stereocenters. The Bertz CT molecular complexity index is 1090. The molecule has 0 spiro atoms. The van der Waals surface area contributed by atoms with E-state index in [1.54, 1.807) is 30.5 Å². The minimum Gasteiger partial charge on any atom is -0.369 e. The predicted molar refractivity (Wildman–Crippen MR) is 115 cm³/mol. The van der Waals surface area contributed by atoms with Crippen LogP contribution in [0.3, 0.4) is 0 Å². The fraction of sp³-hybridized carbons (Fsp3) is 0.333. The van der Waals surface area contributed by atoms with Crippen molar-refractivity contribution in [2.24, 2.45) is 0 Å². The maximum absolute atomic E-state index is 13.1. The number of sulfone groups is 1. The molecule has 1 fully saturated rings. The van der Waals surface area contributed by atoms with Crippen LogP contribution in [0.25, 0.3) is 10.9 Å². The summed E-state index contributed by atoms with van der Waals surface area (Å²) in [4.78, 5) is 11.3. The zero-order valence-electron chi connectivity index (χ0n) is 16.4. The summed E-state index contributed by atoms with van der Waals surface area (Å²) in [5.74, 6) is 0.778. The molecule has 29 heavy (non-hydrogen) atoms. The van der Waals surface area contributed by atoms with Gasteiger partial charge < -0.3 is 10.6 Å². The molecule has 2 aromatic heterocycles. The molecule has 0 amide bonds. The number of anilines is 1. The number of nitrogens with one attached hydrogen (secondary N) is 2. The molecule has 4 rings (SSSR count). The molecular formula is C21H25N5O2S. The Morgan fingerprint density at radius 1 is 1.17 bits per heavy atom. The number of pyridine rings is 2. The van der Waals surface area contributed by atoms with Crippen molar-refractivity contribution in [1.29, 1.82) is 0 Å². The molecule has 3 aromatic rings. The number of aryl methyl sites for hydroxylation is 1. The quantitative estimate of drug-likeness (QED) is 0.642. The van der Waals surface area contributed by atoms with Gasteiger partial charge in [-0.1, -0.05) is 18.2 Å². The first-order valence-corrected chi connectivity index (χ1v) is 11.3. The molecule has 2 N–H and O–H groups in total. The fourth-order valence-corrected chi connectivity index (χ4v) is 5.46. The lowest BCUT2D eigenvalue weighted by molar-refractivity contribution is 0.218. The van der Waals surface area contributed by atoms with Gasteiger partial charge in [-0.15, -0.1) is 0 Å². The summed E-state index contributed by atoms with van der Waals surface area (Å²) in [5, 5.41) is 7.01. The Morgan fingerprint density at radius 2 is 2.00 bits per heavy atom. The Labute approximate surface area is 171 Å². The van der Waals surface area contributed by atoms with Gasteiger partial charge in [-0.2, -0.15) is 0 Å². The van der Waals surface area contributed by atoms with Crippen LogP contribution < -0.4 is 10.6 Å². The van der Waals surface area contributed by atoms with Gasteiger partial charge in [-0.25, -0.2) is 13.4 Å². The van der Waals surface area contributed by atoms with Crippen LogP contribution in [0.2, 0.25) is 0 Å². The second kappa shape index (κ2) is 8.44. The Hall–Kier alpha value is -2.55. The van der Waals surface area contributed by atoms with Crippen LogP contribution in [-0.2, 0) is 9.84 Å². The number of rotatable bonds is 6. The van der Waals surface area contributed by atoms with E-state index in [0.717, 1.165) is 29.0 Å². The monoisotopic (exact) mass is 411 g/mol. The smallest absolute Gasteiger partial charge is 0.195 e. The Morgan fingerprint density at radius 3 is 2.83 bits per heavy atom. The van der Waals surface area contributed by atoms with E-state index in [1.807, 2.05) is 36.1 Å². The van der Waals surface area contributed by atoms with Crippen molar-refractivity contribution in [3.05, 3.63) is 60.4 Å². The molecule has 3 heterocycles. The third-order valence-corrected chi connectivity index (χ3v) is 7.36. The van der Waals surface area contributed by atoms with E-state index in [0.29, 0.717) is 31.1 Å². The van der Waals surface area contributed by atoms with Gasteiger partial charge in [0.05, 0.1) is 10.4 Å². The molecular weight excluding hydrogens is 386 g/mol. The predicted octanol–water partition coefficient (Wildman–Crippen LogP) is 2.06. The lowest BCUT2D eigenvalue weighted by Gasteiger charge is -2.35. The fourth-order valence-electron chi connectivity index (χ4n) is 3.67. The van der Waals surface area contributed by atoms with Crippen molar-refractivity contribution in [3.63, 3.8) is 0 Å². The van der Waals surface area contributed by atoms with Gasteiger partial charge in [-0.05, 0) is 37.3 Å². The van der Waals surface area contributed by atoms with Crippen LogP contribution >= 0.6 is 0 Å². The van der Waals surface area contributed by atoms with Crippen LogP contribution in [0.5, 0.6) is 0 Å². The first kappa shape index (κ1) is 19.8. The Kier molecular flexibility index (Phi) is 5.75. The highest BCUT2D eigenvalue weighted by Gasteiger charge is 2.34. The van der Waals surface area contributed by atoms with E-state index in [-0.39, 0.29) is 0 Å². The van der Waals surface area contributed by atoms with Crippen molar-refractivity contribution >= 4 is 26.6 Å². The van der Waals surface area contributed by atoms with Crippen molar-refractivity contribution < 1.29 is 8.42 Å². The molecule has 1 aliphatic heterocycles. The molecule has 7 nitrogen and oxygen atoms in total. The highest BCUT2D eigenvalue weighted by atomic mass is 32.2. The summed E-state index contributed by atoms with van der Waals surface area (Å²) < 4.78 is 26.2. The summed E-state index contributed by atoms with van der Waals surface area (Å²) in [5.41, 5.74) is 1.85. The molecule has 1 aliphatic rings. The summed E-state index contributed by atoms with van der Waals surface area (Å²) in [6, 6.07) is 14.5. The minimum atomic E-state index is -3.43. The van der Waals surface area contributed by atoms with Crippen LogP contribution in [0.4, 0.5) is 5.82 Å². The van der Waals surface area contributed by atoms with Crippen LogP contribution in [0, 0.1) is 6.92 Å². The number of nitrogens with zero attached hydrogens (tertiary/aromatic N) is 3. The van der Waals surface area contributed by atoms with Crippen molar-refractivity contribution in [2.75, 3.05) is 38.0 Å². The van der Waals surface area contributed by atoms with E-state index in [2.05, 4.69) is 20.6 Å². The zero-order chi connectivity index (χ0) is 20.3. The van der Waals surface area contributed by atoms with Crippen molar-refractivity contribution in [2.45, 2.75) is 17.2 Å². The maximum Gasteiger partial charge on any atom is 0.195 e. The third-order valence-electron chi connectivity index (χ3n) is 5.25. The highest BCUT2D eigenvalue weighted by molar-refractivity contribution is 7.92. The second-order valence-electron chi connectivity index (χ2n) is 7.14. The van der Waals surface area contributed by atoms with Gasteiger partial charge in [0.2, 0.25) is 0 Å². The molecule has 152 valence electrons. The molecule has 8 heteroatoms. The van der Waals surface area contributed by atoms with E-state index in [4.69, 9.17) is 0 Å². The number of hydrogen-bond donors (Lipinski definition) is 2. The van der Waals surface area contributed by atoms with Gasteiger partial charge in [0.25, 0.3) is 0 Å². The van der Waals surface area contributed by atoms with Gasteiger partial charge in [0.1, 0.15) is 11.2 Å². The van der Waals surface area contributed by atoms with Crippen molar-refractivity contribution in [1.82, 2.24) is 20.2 Å². The number of piperazine rings is 1. The lowest BCUT2D eigenvalue weighted by atomic mass is 10.2. The second-order valence-corrected chi connectivity index (χ2v) is 9.24. The van der Waals surface area contributed by atoms with Gasteiger partial charge in [0, 0.05) is 50.0 Å². The molecule has 1 aromatic carbocycles. The summed E-state index contributed by atoms with van der Waals surface area (Å²) >= 11 is 0. The third kappa shape index (κ3) is 4.24. The van der Waals surface area contributed by atoms with Gasteiger partial charge in [-0.3, -0.25) is 9.88 Å². The van der Waals surface area contributed by atoms with Crippen LogP contribution in [0.1, 0.15) is 5.69 Å². The summed E-state index contributed by atoms with van der Waals surface area (Å²) in [6.45, 7) is 5.10. The molecule has 1 atom stereocenters. The number of hydrogen-bond acceptors (Lipinski definition) is 7. The van der Waals surface area contributed by atoms with Gasteiger partial charge >= 0.3 is 0 Å². The summed E-state index contributed by atoms with van der Waals surface area (Å²) in [7, 11) is -3.43. The van der Waals surface area contributed by atoms with E-state index in [1.165, 1.54) is 0 Å².